The van der Waals surface area contributed by atoms with E-state index in [0.29, 0.717) is 0 Å². The number of aryl methyl sites for hydroxylation is 1. The Hall–Kier alpha value is -0.770. The van der Waals surface area contributed by atoms with Gasteiger partial charge in [0.1, 0.15) is 0 Å². The molecule has 0 N–H and O–H groups in total. The highest BCUT2D eigenvalue weighted by Gasteiger charge is 2.01. The lowest BCUT2D eigenvalue weighted by atomic mass is 10.3. The van der Waals surface area contributed by atoms with Gasteiger partial charge in [-0.1, -0.05) is 0 Å². The van der Waals surface area contributed by atoms with E-state index in [4.69, 9.17) is 0 Å². The summed E-state index contributed by atoms with van der Waals surface area (Å²) >= 11 is 1.54. The largest absolute Gasteiger partial charge is 0.270 e. The minimum Gasteiger partial charge on any atom is -0.267 e. The van der Waals surface area contributed by atoms with E-state index >= 15 is 0 Å². The maximum Gasteiger partial charge on any atom is 0.270 e. The Morgan fingerprint density at radius 2 is 2.27 bits per heavy atom. The minimum absolute atomic E-state index is 0.0168. The van der Waals surface area contributed by atoms with E-state index in [-0.39, 0.29) is 5.56 Å². The summed E-state index contributed by atoms with van der Waals surface area (Å²) in [4.78, 5) is 12.2. The Kier molecular flexibility index (Phi) is 2.34. The second-order valence-corrected chi connectivity index (χ2v) is 3.11. The summed E-state index contributed by atoms with van der Waals surface area (Å²) in [5.74, 6) is 0. The number of nitrogens with zero attached hydrogens (tertiary/aromatic N) is 2. The van der Waals surface area contributed by atoms with Gasteiger partial charge in [0, 0.05) is 17.5 Å². The molecule has 60 valence electrons. The van der Waals surface area contributed by atoms with Crippen molar-refractivity contribution in [2.75, 3.05) is 6.26 Å². The highest BCUT2D eigenvalue weighted by Crippen LogP contribution is 2.13. The molecule has 0 aliphatic carbocycles. The van der Waals surface area contributed by atoms with Gasteiger partial charge in [-0.15, -0.1) is 11.8 Å². The van der Waals surface area contributed by atoms with Crippen LogP contribution in [-0.2, 0) is 7.05 Å². The number of rotatable bonds is 1. The molecule has 0 radical (unpaired) electrons. The molecule has 0 fully saturated rings. The van der Waals surface area contributed by atoms with Crippen LogP contribution in [0.5, 0.6) is 0 Å². The second kappa shape index (κ2) is 3.09. The van der Waals surface area contributed by atoms with E-state index in [9.17, 15) is 4.79 Å². The Labute approximate surface area is 69.4 Å². The first-order chi connectivity index (χ1) is 5.16. The molecule has 1 aromatic rings. The van der Waals surface area contributed by atoms with E-state index in [0.717, 1.165) is 10.5 Å². The van der Waals surface area contributed by atoms with Crippen molar-refractivity contribution < 1.29 is 0 Å². The second-order valence-electron chi connectivity index (χ2n) is 2.27. The molecule has 0 saturated heterocycles. The number of hydrogen-bond acceptors (Lipinski definition) is 3. The van der Waals surface area contributed by atoms with Crippen LogP contribution in [0.4, 0.5) is 0 Å². The number of hydrogen-bond donors (Lipinski definition) is 0. The van der Waals surface area contributed by atoms with Crippen LogP contribution in [0.25, 0.3) is 0 Å². The molecule has 0 spiro atoms. The maximum absolute atomic E-state index is 11.2. The van der Waals surface area contributed by atoms with Gasteiger partial charge < -0.3 is 0 Å². The molecule has 11 heavy (non-hydrogen) atoms. The molecular weight excluding hydrogens is 160 g/mol. The number of aromatic nitrogens is 2. The fraction of sp³-hybridized carbons (Fsp3) is 0.429. The minimum atomic E-state index is -0.0168. The van der Waals surface area contributed by atoms with E-state index in [1.807, 2.05) is 13.2 Å². The van der Waals surface area contributed by atoms with Crippen LogP contribution in [0.15, 0.2) is 15.9 Å². The summed E-state index contributed by atoms with van der Waals surface area (Å²) in [6.45, 7) is 1.82. The molecule has 0 aliphatic heterocycles. The Bertz CT molecular complexity index is 319. The summed E-state index contributed by atoms with van der Waals surface area (Å²) in [6.07, 6.45) is 3.64. The molecular formula is C7H10N2OS. The molecule has 0 aromatic carbocycles. The van der Waals surface area contributed by atoms with Crippen LogP contribution in [0.1, 0.15) is 5.56 Å². The van der Waals surface area contributed by atoms with E-state index < -0.39 is 0 Å². The molecule has 1 heterocycles. The molecule has 0 unspecified atom stereocenters. The Morgan fingerprint density at radius 3 is 2.82 bits per heavy atom. The van der Waals surface area contributed by atoms with Gasteiger partial charge in [0.2, 0.25) is 0 Å². The van der Waals surface area contributed by atoms with Gasteiger partial charge in [-0.2, -0.15) is 5.10 Å². The van der Waals surface area contributed by atoms with Crippen LogP contribution in [0, 0.1) is 6.92 Å². The quantitative estimate of drug-likeness (QED) is 0.585. The zero-order chi connectivity index (χ0) is 8.43. The molecule has 3 nitrogen and oxygen atoms in total. The smallest absolute Gasteiger partial charge is 0.267 e. The van der Waals surface area contributed by atoms with Crippen LogP contribution >= 0.6 is 11.8 Å². The average Bonchev–Trinajstić information content (AvgIpc) is 2.01. The first-order valence-electron chi connectivity index (χ1n) is 3.23. The summed E-state index contributed by atoms with van der Waals surface area (Å²) in [6, 6.07) is 0. The van der Waals surface area contributed by atoms with Gasteiger partial charge in [0.15, 0.2) is 0 Å². The molecule has 4 heteroatoms. The lowest BCUT2D eigenvalue weighted by Crippen LogP contribution is -2.21. The van der Waals surface area contributed by atoms with Crippen molar-refractivity contribution in [2.24, 2.45) is 7.05 Å². The third kappa shape index (κ3) is 1.45. The molecule has 0 saturated carbocycles. The van der Waals surface area contributed by atoms with Crippen molar-refractivity contribution in [3.8, 4) is 0 Å². The topological polar surface area (TPSA) is 34.9 Å². The average molecular weight is 170 g/mol. The van der Waals surface area contributed by atoms with Crippen molar-refractivity contribution in [3.63, 3.8) is 0 Å². The van der Waals surface area contributed by atoms with Crippen LogP contribution < -0.4 is 5.56 Å². The van der Waals surface area contributed by atoms with Crippen LogP contribution in [0.2, 0.25) is 0 Å². The van der Waals surface area contributed by atoms with Crippen molar-refractivity contribution in [1.29, 1.82) is 0 Å². The van der Waals surface area contributed by atoms with Crippen LogP contribution in [0.3, 0.4) is 0 Å². The standard InChI is InChI=1S/C7H10N2OS/c1-5-6(11-3)4-8-9(2)7(5)10/h4H,1-3H3. The van der Waals surface area contributed by atoms with Crippen LogP contribution in [-0.4, -0.2) is 16.0 Å². The number of thioether (sulfide) groups is 1. The fourth-order valence-electron chi connectivity index (χ4n) is 0.842. The molecule has 0 bridgehead atoms. The van der Waals surface area contributed by atoms with Gasteiger partial charge in [-0.25, -0.2) is 4.68 Å². The van der Waals surface area contributed by atoms with Crippen molar-refractivity contribution in [3.05, 3.63) is 22.1 Å². The first-order valence-corrected chi connectivity index (χ1v) is 4.46. The SMILES string of the molecule is CSc1cnn(C)c(=O)c1C. The van der Waals surface area contributed by atoms with Crippen molar-refractivity contribution in [2.45, 2.75) is 11.8 Å². The maximum atomic E-state index is 11.2. The highest BCUT2D eigenvalue weighted by atomic mass is 32.2. The van der Waals surface area contributed by atoms with E-state index in [1.54, 1.807) is 25.0 Å². The fourth-order valence-corrected chi connectivity index (χ4v) is 1.39. The Morgan fingerprint density at radius 1 is 1.64 bits per heavy atom. The molecule has 1 rings (SSSR count). The third-order valence-corrected chi connectivity index (χ3v) is 2.40. The Balaban J connectivity index is 3.37. The monoisotopic (exact) mass is 170 g/mol. The highest BCUT2D eigenvalue weighted by molar-refractivity contribution is 7.98. The van der Waals surface area contributed by atoms with Crippen molar-refractivity contribution >= 4 is 11.8 Å². The van der Waals surface area contributed by atoms with Crippen molar-refractivity contribution in [1.82, 2.24) is 9.78 Å². The van der Waals surface area contributed by atoms with Gasteiger partial charge >= 0.3 is 0 Å². The lowest BCUT2D eigenvalue weighted by molar-refractivity contribution is 0.687. The zero-order valence-corrected chi connectivity index (χ0v) is 7.60. The lowest BCUT2D eigenvalue weighted by Gasteiger charge is -2.01. The van der Waals surface area contributed by atoms with Gasteiger partial charge in [-0.3, -0.25) is 4.79 Å². The normalized spacial score (nSPS) is 10.1. The third-order valence-electron chi connectivity index (χ3n) is 1.55. The molecule has 0 atom stereocenters. The van der Waals surface area contributed by atoms with E-state index in [1.165, 1.54) is 4.68 Å². The van der Waals surface area contributed by atoms with Gasteiger partial charge in [0.05, 0.1) is 6.20 Å². The van der Waals surface area contributed by atoms with Gasteiger partial charge in [-0.05, 0) is 13.2 Å². The summed E-state index contributed by atoms with van der Waals surface area (Å²) in [5.41, 5.74) is 0.756. The summed E-state index contributed by atoms with van der Waals surface area (Å²) in [5, 5.41) is 3.89. The zero-order valence-electron chi connectivity index (χ0n) is 6.79. The predicted molar refractivity (Wildman–Crippen MR) is 46.0 cm³/mol. The van der Waals surface area contributed by atoms with E-state index in [2.05, 4.69) is 5.10 Å². The molecule has 0 aliphatic rings. The summed E-state index contributed by atoms with van der Waals surface area (Å²) < 4.78 is 1.34. The first kappa shape index (κ1) is 8.33. The molecule has 1 aromatic heterocycles. The molecule has 0 amide bonds. The summed E-state index contributed by atoms with van der Waals surface area (Å²) in [7, 11) is 1.65. The van der Waals surface area contributed by atoms with Gasteiger partial charge in [0.25, 0.3) is 5.56 Å². The predicted octanol–water partition coefficient (Wildman–Crippen LogP) is 0.811.